The van der Waals surface area contributed by atoms with Gasteiger partial charge in [0, 0.05) is 9.92 Å². The smallest absolute Gasteiger partial charge is 0.413 e. The van der Waals surface area contributed by atoms with Crippen LogP contribution in [0.1, 0.15) is 6.92 Å². The molecule has 0 bridgehead atoms. The number of thioether (sulfide) groups is 1. The third-order valence-corrected chi connectivity index (χ3v) is 3.83. The zero-order valence-electron chi connectivity index (χ0n) is 11.6. The summed E-state index contributed by atoms with van der Waals surface area (Å²) in [7, 11) is 0. The van der Waals surface area contributed by atoms with Gasteiger partial charge in [0.25, 0.3) is 5.91 Å². The Labute approximate surface area is 141 Å². The molecule has 120 valence electrons. The van der Waals surface area contributed by atoms with Gasteiger partial charge in [0.2, 0.25) is 0 Å². The summed E-state index contributed by atoms with van der Waals surface area (Å²) >= 11 is 12.9. The molecule has 0 aliphatic carbocycles. The summed E-state index contributed by atoms with van der Waals surface area (Å²) < 4.78 is 9.23. The number of nitrogens with one attached hydrogen (secondary N) is 1. The SMILES string of the molecule is CCOC(=O)NC(=O)COC(=O)CSc1cc(Cl)ccc1Cl. The second-order valence-corrected chi connectivity index (χ2v) is 5.65. The highest BCUT2D eigenvalue weighted by molar-refractivity contribution is 8.00. The Morgan fingerprint density at radius 1 is 1.23 bits per heavy atom. The average molecular weight is 366 g/mol. The monoisotopic (exact) mass is 365 g/mol. The van der Waals surface area contributed by atoms with Crippen molar-refractivity contribution in [3.63, 3.8) is 0 Å². The molecular weight excluding hydrogens is 353 g/mol. The van der Waals surface area contributed by atoms with E-state index in [0.717, 1.165) is 11.8 Å². The summed E-state index contributed by atoms with van der Waals surface area (Å²) in [5.41, 5.74) is 0. The van der Waals surface area contributed by atoms with Gasteiger partial charge in [-0.05, 0) is 25.1 Å². The first-order valence-electron chi connectivity index (χ1n) is 6.12. The van der Waals surface area contributed by atoms with Crippen LogP contribution in [0.5, 0.6) is 0 Å². The highest BCUT2D eigenvalue weighted by atomic mass is 35.5. The minimum absolute atomic E-state index is 0.0489. The van der Waals surface area contributed by atoms with Crippen molar-refractivity contribution in [1.29, 1.82) is 0 Å². The molecule has 0 radical (unpaired) electrons. The van der Waals surface area contributed by atoms with Gasteiger partial charge in [-0.2, -0.15) is 0 Å². The Kier molecular flexibility index (Phi) is 8.08. The summed E-state index contributed by atoms with van der Waals surface area (Å²) in [4.78, 5) is 34.4. The lowest BCUT2D eigenvalue weighted by Crippen LogP contribution is -2.34. The lowest BCUT2D eigenvalue weighted by Gasteiger charge is -2.06. The molecule has 9 heteroatoms. The Balaban J connectivity index is 2.33. The lowest BCUT2D eigenvalue weighted by atomic mass is 10.4. The number of hydrogen-bond acceptors (Lipinski definition) is 6. The molecule has 1 rings (SSSR count). The number of carbonyl (C=O) groups excluding carboxylic acids is 3. The fraction of sp³-hybridized carbons (Fsp3) is 0.308. The Hall–Kier alpha value is -1.44. The molecule has 0 fully saturated rings. The molecule has 0 saturated carbocycles. The molecule has 0 aromatic heterocycles. The zero-order valence-corrected chi connectivity index (χ0v) is 13.9. The molecule has 1 aromatic carbocycles. The molecule has 0 heterocycles. The average Bonchev–Trinajstić information content (AvgIpc) is 2.46. The molecule has 0 unspecified atom stereocenters. The summed E-state index contributed by atoms with van der Waals surface area (Å²) in [6, 6.07) is 4.87. The van der Waals surface area contributed by atoms with E-state index in [4.69, 9.17) is 27.9 Å². The Morgan fingerprint density at radius 2 is 1.95 bits per heavy atom. The predicted octanol–water partition coefficient (Wildman–Crippen LogP) is 2.90. The second-order valence-electron chi connectivity index (χ2n) is 3.79. The Morgan fingerprint density at radius 3 is 2.64 bits per heavy atom. The van der Waals surface area contributed by atoms with Crippen molar-refractivity contribution >= 4 is 52.9 Å². The topological polar surface area (TPSA) is 81.7 Å². The lowest BCUT2D eigenvalue weighted by molar-refractivity contribution is -0.145. The van der Waals surface area contributed by atoms with Gasteiger partial charge in [-0.1, -0.05) is 23.2 Å². The number of hydrogen-bond donors (Lipinski definition) is 1. The van der Waals surface area contributed by atoms with E-state index in [0.29, 0.717) is 14.9 Å². The first-order chi connectivity index (χ1) is 10.4. The fourth-order valence-electron chi connectivity index (χ4n) is 1.23. The van der Waals surface area contributed by atoms with E-state index in [9.17, 15) is 14.4 Å². The maximum absolute atomic E-state index is 11.5. The molecule has 2 amide bonds. The van der Waals surface area contributed by atoms with E-state index < -0.39 is 24.6 Å². The summed E-state index contributed by atoms with van der Waals surface area (Å²) in [5, 5.41) is 2.86. The van der Waals surface area contributed by atoms with Crippen LogP contribution in [0.2, 0.25) is 10.0 Å². The third kappa shape index (κ3) is 7.02. The second kappa shape index (κ2) is 9.55. The molecule has 0 aliphatic heterocycles. The molecule has 0 spiro atoms. The van der Waals surface area contributed by atoms with Crippen molar-refractivity contribution in [2.45, 2.75) is 11.8 Å². The van der Waals surface area contributed by atoms with Gasteiger partial charge in [-0.25, -0.2) is 4.79 Å². The molecule has 1 aromatic rings. The highest BCUT2D eigenvalue weighted by Crippen LogP contribution is 2.29. The molecule has 6 nitrogen and oxygen atoms in total. The number of imide groups is 1. The van der Waals surface area contributed by atoms with Crippen LogP contribution < -0.4 is 5.32 Å². The number of amides is 2. The minimum Gasteiger partial charge on any atom is -0.455 e. The summed E-state index contributed by atoms with van der Waals surface area (Å²) in [5.74, 6) is -1.44. The van der Waals surface area contributed by atoms with E-state index in [1.165, 1.54) is 0 Å². The normalized spacial score (nSPS) is 9.95. The minimum atomic E-state index is -0.886. The molecule has 0 aliphatic rings. The molecule has 0 atom stereocenters. The molecular formula is C13H13Cl2NO5S. The van der Waals surface area contributed by atoms with Crippen molar-refractivity contribution in [3.8, 4) is 0 Å². The number of halogens is 2. The van der Waals surface area contributed by atoms with E-state index in [1.54, 1.807) is 25.1 Å². The van der Waals surface area contributed by atoms with Gasteiger partial charge in [-0.15, -0.1) is 11.8 Å². The quantitative estimate of drug-likeness (QED) is 0.616. The standard InChI is InChI=1S/C13H13Cl2NO5S/c1-2-20-13(19)16-11(17)6-21-12(18)7-22-10-5-8(14)3-4-9(10)15/h3-5H,2,6-7H2,1H3,(H,16,17,19). The van der Waals surface area contributed by atoms with E-state index >= 15 is 0 Å². The van der Waals surface area contributed by atoms with Crippen molar-refractivity contribution < 1.29 is 23.9 Å². The number of rotatable bonds is 6. The molecule has 1 N–H and O–H groups in total. The number of ether oxygens (including phenoxy) is 2. The number of benzene rings is 1. The van der Waals surface area contributed by atoms with Gasteiger partial charge in [-0.3, -0.25) is 14.9 Å². The van der Waals surface area contributed by atoms with Gasteiger partial charge < -0.3 is 9.47 Å². The van der Waals surface area contributed by atoms with Gasteiger partial charge in [0.1, 0.15) is 0 Å². The number of esters is 1. The van der Waals surface area contributed by atoms with Crippen LogP contribution in [0.3, 0.4) is 0 Å². The largest absolute Gasteiger partial charge is 0.455 e. The maximum Gasteiger partial charge on any atom is 0.413 e. The maximum atomic E-state index is 11.5. The Bertz CT molecular complexity index is 567. The summed E-state index contributed by atoms with van der Waals surface area (Å²) in [6.45, 7) is 1.17. The summed E-state index contributed by atoms with van der Waals surface area (Å²) in [6.07, 6.45) is -0.886. The first kappa shape index (κ1) is 18.6. The van der Waals surface area contributed by atoms with Crippen LogP contribution in [0, 0.1) is 0 Å². The molecule has 22 heavy (non-hydrogen) atoms. The van der Waals surface area contributed by atoms with Crippen LogP contribution in [0.25, 0.3) is 0 Å². The molecule has 0 saturated heterocycles. The van der Waals surface area contributed by atoms with Crippen molar-refractivity contribution in [2.24, 2.45) is 0 Å². The van der Waals surface area contributed by atoms with Crippen LogP contribution in [0.15, 0.2) is 23.1 Å². The third-order valence-electron chi connectivity index (χ3n) is 2.12. The van der Waals surface area contributed by atoms with Crippen molar-refractivity contribution in [3.05, 3.63) is 28.2 Å². The van der Waals surface area contributed by atoms with Crippen LogP contribution in [-0.2, 0) is 19.1 Å². The van der Waals surface area contributed by atoms with E-state index in [-0.39, 0.29) is 12.4 Å². The first-order valence-corrected chi connectivity index (χ1v) is 7.86. The predicted molar refractivity (Wildman–Crippen MR) is 83.3 cm³/mol. The van der Waals surface area contributed by atoms with Gasteiger partial charge in [0.05, 0.1) is 17.4 Å². The van der Waals surface area contributed by atoms with Crippen LogP contribution in [0.4, 0.5) is 4.79 Å². The van der Waals surface area contributed by atoms with E-state index in [1.807, 2.05) is 5.32 Å². The van der Waals surface area contributed by atoms with Gasteiger partial charge in [0.15, 0.2) is 6.61 Å². The van der Waals surface area contributed by atoms with Crippen LogP contribution >= 0.6 is 35.0 Å². The number of alkyl carbamates (subject to hydrolysis) is 1. The number of carbonyl (C=O) groups is 3. The highest BCUT2D eigenvalue weighted by Gasteiger charge is 2.12. The fourth-order valence-corrected chi connectivity index (χ4v) is 2.52. The zero-order chi connectivity index (χ0) is 16.5. The van der Waals surface area contributed by atoms with Crippen molar-refractivity contribution in [2.75, 3.05) is 19.0 Å². The van der Waals surface area contributed by atoms with Gasteiger partial charge >= 0.3 is 12.1 Å². The van der Waals surface area contributed by atoms with Crippen LogP contribution in [-0.4, -0.2) is 36.9 Å². The van der Waals surface area contributed by atoms with Crippen molar-refractivity contribution in [1.82, 2.24) is 5.32 Å². The van der Waals surface area contributed by atoms with E-state index in [2.05, 4.69) is 4.74 Å².